The molecule has 0 atom stereocenters. The van der Waals surface area contributed by atoms with Crippen LogP contribution in [0.15, 0.2) is 85.1 Å². The molecule has 28 heavy (non-hydrogen) atoms. The Bertz CT molecular complexity index is 1170. The summed E-state index contributed by atoms with van der Waals surface area (Å²) in [6.07, 6.45) is 3.06. The Morgan fingerprint density at radius 2 is 1.50 bits per heavy atom. The summed E-state index contributed by atoms with van der Waals surface area (Å²) >= 11 is 0. The summed E-state index contributed by atoms with van der Waals surface area (Å²) in [5, 5.41) is 1.20. The molecular formula is C25H21N3. The molecule has 0 saturated carbocycles. The van der Waals surface area contributed by atoms with Crippen LogP contribution < -0.4 is 0 Å². The van der Waals surface area contributed by atoms with Gasteiger partial charge in [-0.2, -0.15) is 0 Å². The van der Waals surface area contributed by atoms with Gasteiger partial charge in [-0.15, -0.1) is 0 Å². The third-order valence-electron chi connectivity index (χ3n) is 5.25. The minimum absolute atomic E-state index is 0.886. The van der Waals surface area contributed by atoms with Crippen molar-refractivity contribution in [2.45, 2.75) is 13.3 Å². The van der Waals surface area contributed by atoms with Crippen LogP contribution in [0, 0.1) is 0 Å². The van der Waals surface area contributed by atoms with Gasteiger partial charge < -0.3 is 9.97 Å². The number of hydrogen-bond donors (Lipinski definition) is 2. The van der Waals surface area contributed by atoms with Crippen LogP contribution >= 0.6 is 0 Å². The predicted octanol–water partition coefficient (Wildman–Crippen LogP) is 6.45. The summed E-state index contributed by atoms with van der Waals surface area (Å²) in [5.74, 6) is 0.886. The Kier molecular flexibility index (Phi) is 4.06. The fourth-order valence-electron chi connectivity index (χ4n) is 3.83. The third-order valence-corrected chi connectivity index (χ3v) is 5.25. The Hall–Kier alpha value is -3.59. The van der Waals surface area contributed by atoms with Gasteiger partial charge in [0.1, 0.15) is 5.82 Å². The number of hydrogen-bond acceptors (Lipinski definition) is 1. The van der Waals surface area contributed by atoms with Crippen LogP contribution in [0.3, 0.4) is 0 Å². The number of fused-ring (bicyclic) bond motifs is 1. The van der Waals surface area contributed by atoms with Crippen LogP contribution in [0.25, 0.3) is 44.8 Å². The number of H-pyrrole nitrogens is 2. The number of imidazole rings is 1. The smallest absolute Gasteiger partial charge is 0.140 e. The van der Waals surface area contributed by atoms with Crippen molar-refractivity contribution in [3.05, 3.63) is 90.6 Å². The number of nitrogens with one attached hydrogen (secondary N) is 2. The number of rotatable bonds is 4. The molecule has 3 nitrogen and oxygen atoms in total. The molecule has 2 N–H and O–H groups in total. The maximum Gasteiger partial charge on any atom is 0.140 e. The van der Waals surface area contributed by atoms with Crippen LogP contribution in [0.2, 0.25) is 0 Å². The minimum Gasteiger partial charge on any atom is -0.360 e. The minimum atomic E-state index is 0.886. The lowest BCUT2D eigenvalue weighted by molar-refractivity contribution is 1.15. The standard InChI is InChI=1S/C25H21N3/c1-2-17-14-9-15-20-21(16-26-22(17)20)25-27-23(18-10-5-3-6-11-18)24(28-25)19-12-7-4-8-13-19/h3-16,26H,2H2,1H3,(H,27,28). The monoisotopic (exact) mass is 363 g/mol. The molecule has 0 aliphatic rings. The van der Waals surface area contributed by atoms with E-state index in [2.05, 4.69) is 89.8 Å². The number of para-hydroxylation sites is 1. The van der Waals surface area contributed by atoms with Gasteiger partial charge in [0.15, 0.2) is 0 Å². The van der Waals surface area contributed by atoms with E-state index < -0.39 is 0 Å². The van der Waals surface area contributed by atoms with Crippen LogP contribution in [-0.2, 0) is 6.42 Å². The van der Waals surface area contributed by atoms with E-state index in [1.165, 1.54) is 16.5 Å². The zero-order chi connectivity index (χ0) is 18.9. The molecule has 0 bridgehead atoms. The number of aromatic nitrogens is 3. The molecule has 0 radical (unpaired) electrons. The highest BCUT2D eigenvalue weighted by Gasteiger charge is 2.17. The molecule has 3 heteroatoms. The van der Waals surface area contributed by atoms with Gasteiger partial charge >= 0.3 is 0 Å². The summed E-state index contributed by atoms with van der Waals surface area (Å²) in [6, 6.07) is 27.2. The number of aryl methyl sites for hydroxylation is 1. The lowest BCUT2D eigenvalue weighted by atomic mass is 10.1. The second kappa shape index (κ2) is 6.86. The SMILES string of the molecule is CCc1cccc2c(-c3nc(-c4ccccc4)c(-c4ccccc4)[nH]3)c[nH]c12. The molecule has 5 aromatic rings. The highest BCUT2D eigenvalue weighted by Crippen LogP contribution is 2.35. The first-order valence-electron chi connectivity index (χ1n) is 9.65. The number of benzene rings is 3. The Labute approximate surface area is 164 Å². The fraction of sp³-hybridized carbons (Fsp3) is 0.0800. The van der Waals surface area contributed by atoms with Gasteiger partial charge in [0, 0.05) is 33.8 Å². The molecule has 0 saturated heterocycles. The van der Waals surface area contributed by atoms with Crippen molar-refractivity contribution in [2.75, 3.05) is 0 Å². The molecule has 5 rings (SSSR count). The van der Waals surface area contributed by atoms with Gasteiger partial charge in [-0.3, -0.25) is 0 Å². The average Bonchev–Trinajstić information content (AvgIpc) is 3.39. The molecule has 0 fully saturated rings. The van der Waals surface area contributed by atoms with E-state index in [9.17, 15) is 0 Å². The van der Waals surface area contributed by atoms with Gasteiger partial charge in [-0.1, -0.05) is 85.8 Å². The van der Waals surface area contributed by atoms with E-state index >= 15 is 0 Å². The van der Waals surface area contributed by atoms with Crippen molar-refractivity contribution in [3.8, 4) is 33.9 Å². The molecular weight excluding hydrogens is 342 g/mol. The largest absolute Gasteiger partial charge is 0.360 e. The summed E-state index contributed by atoms with van der Waals surface area (Å²) in [7, 11) is 0. The average molecular weight is 363 g/mol. The summed E-state index contributed by atoms with van der Waals surface area (Å²) in [4.78, 5) is 12.1. The summed E-state index contributed by atoms with van der Waals surface area (Å²) in [6.45, 7) is 2.18. The Morgan fingerprint density at radius 3 is 2.21 bits per heavy atom. The van der Waals surface area contributed by atoms with Crippen LogP contribution in [0.5, 0.6) is 0 Å². The maximum absolute atomic E-state index is 5.03. The lowest BCUT2D eigenvalue weighted by Gasteiger charge is -2.02. The van der Waals surface area contributed by atoms with Gasteiger partial charge in [-0.25, -0.2) is 4.98 Å². The van der Waals surface area contributed by atoms with E-state index in [1.54, 1.807) is 0 Å². The van der Waals surface area contributed by atoms with Crippen LogP contribution in [0.4, 0.5) is 0 Å². The molecule has 0 spiro atoms. The molecule has 0 unspecified atom stereocenters. The topological polar surface area (TPSA) is 44.5 Å². The molecule has 3 aromatic carbocycles. The lowest BCUT2D eigenvalue weighted by Crippen LogP contribution is -1.83. The Morgan fingerprint density at radius 1 is 0.786 bits per heavy atom. The molecule has 2 aromatic heterocycles. The van der Waals surface area contributed by atoms with Gasteiger partial charge in [0.25, 0.3) is 0 Å². The summed E-state index contributed by atoms with van der Waals surface area (Å²) < 4.78 is 0. The fourth-order valence-corrected chi connectivity index (χ4v) is 3.83. The highest BCUT2D eigenvalue weighted by molar-refractivity contribution is 5.96. The first-order valence-corrected chi connectivity index (χ1v) is 9.65. The van der Waals surface area contributed by atoms with E-state index in [-0.39, 0.29) is 0 Å². The molecule has 136 valence electrons. The van der Waals surface area contributed by atoms with Gasteiger partial charge in [0.2, 0.25) is 0 Å². The first-order chi connectivity index (χ1) is 13.8. The van der Waals surface area contributed by atoms with Gasteiger partial charge in [0.05, 0.1) is 11.4 Å². The molecule has 2 heterocycles. The predicted molar refractivity (Wildman–Crippen MR) is 116 cm³/mol. The van der Waals surface area contributed by atoms with E-state index in [0.29, 0.717) is 0 Å². The van der Waals surface area contributed by atoms with Crippen molar-refractivity contribution in [2.24, 2.45) is 0 Å². The maximum atomic E-state index is 5.03. The number of aromatic amines is 2. The zero-order valence-corrected chi connectivity index (χ0v) is 15.7. The first kappa shape index (κ1) is 16.6. The van der Waals surface area contributed by atoms with Gasteiger partial charge in [-0.05, 0) is 12.0 Å². The van der Waals surface area contributed by atoms with Crippen LogP contribution in [-0.4, -0.2) is 15.0 Å². The highest BCUT2D eigenvalue weighted by atomic mass is 14.9. The van der Waals surface area contributed by atoms with Crippen molar-refractivity contribution in [1.29, 1.82) is 0 Å². The third kappa shape index (κ3) is 2.72. The van der Waals surface area contributed by atoms with E-state index in [1.807, 2.05) is 12.1 Å². The zero-order valence-electron chi connectivity index (χ0n) is 15.7. The van der Waals surface area contributed by atoms with Crippen molar-refractivity contribution in [1.82, 2.24) is 15.0 Å². The normalized spacial score (nSPS) is 11.2. The van der Waals surface area contributed by atoms with Crippen molar-refractivity contribution >= 4 is 10.9 Å². The molecule has 0 aliphatic heterocycles. The molecule has 0 aliphatic carbocycles. The van der Waals surface area contributed by atoms with E-state index in [0.717, 1.165) is 40.3 Å². The van der Waals surface area contributed by atoms with Crippen molar-refractivity contribution in [3.63, 3.8) is 0 Å². The quantitative estimate of drug-likeness (QED) is 0.378. The summed E-state index contributed by atoms with van der Waals surface area (Å²) in [5.41, 5.74) is 7.88. The molecule has 0 amide bonds. The van der Waals surface area contributed by atoms with E-state index in [4.69, 9.17) is 4.98 Å². The second-order valence-corrected chi connectivity index (χ2v) is 6.94. The Balaban J connectivity index is 1.73. The van der Waals surface area contributed by atoms with Crippen molar-refractivity contribution < 1.29 is 0 Å². The van der Waals surface area contributed by atoms with Crippen LogP contribution in [0.1, 0.15) is 12.5 Å². The number of nitrogens with zero attached hydrogens (tertiary/aromatic N) is 1. The second-order valence-electron chi connectivity index (χ2n) is 6.94.